The Hall–Kier alpha value is -4.27. The van der Waals surface area contributed by atoms with Crippen molar-refractivity contribution in [3.05, 3.63) is 109 Å². The molecule has 5 aromatic rings. The van der Waals surface area contributed by atoms with Crippen LogP contribution >= 0.6 is 0 Å². The number of esters is 1. The average Bonchev–Trinajstić information content (AvgIpc) is 3.43. The van der Waals surface area contributed by atoms with Crippen LogP contribution in [0.3, 0.4) is 0 Å². The van der Waals surface area contributed by atoms with Gasteiger partial charge in [0.1, 0.15) is 6.04 Å². The number of aromatic nitrogens is 1. The normalized spacial score (nSPS) is 12.4. The molecule has 1 atom stereocenters. The van der Waals surface area contributed by atoms with Crippen LogP contribution in [0.1, 0.15) is 5.56 Å². The Morgan fingerprint density at radius 3 is 2.30 bits per heavy atom. The first-order valence-corrected chi connectivity index (χ1v) is 13.1. The van der Waals surface area contributed by atoms with Crippen molar-refractivity contribution in [2.45, 2.75) is 17.4 Å². The monoisotopic (exact) mass is 512 g/mol. The van der Waals surface area contributed by atoms with Crippen molar-refractivity contribution in [1.82, 2.24) is 9.71 Å². The lowest BCUT2D eigenvalue weighted by atomic mass is 10.1. The molecule has 1 N–H and O–H groups in total. The lowest BCUT2D eigenvalue weighted by molar-refractivity contribution is -0.142. The summed E-state index contributed by atoms with van der Waals surface area (Å²) in [6.07, 6.45) is 1.81. The van der Waals surface area contributed by atoms with Gasteiger partial charge < -0.3 is 9.15 Å². The van der Waals surface area contributed by atoms with Gasteiger partial charge in [0.05, 0.1) is 18.2 Å². The summed E-state index contributed by atoms with van der Waals surface area (Å²) in [5.41, 5.74) is 2.33. The molecule has 0 aliphatic heterocycles. The van der Waals surface area contributed by atoms with E-state index in [4.69, 9.17) is 9.15 Å². The number of methoxy groups -OCH3 is 1. The number of nitrogens with one attached hydrogen (secondary N) is 1. The SMILES string of the molecule is COC(=O)C(Cc1ccccc1)NS(=O)(=O)c1ccc(-c2ncc(-c3ccc4ccccc4c3)o2)cc1. The van der Waals surface area contributed by atoms with Gasteiger partial charge in [0.2, 0.25) is 15.9 Å². The average molecular weight is 513 g/mol. The third-order valence-electron chi connectivity index (χ3n) is 6.02. The smallest absolute Gasteiger partial charge is 0.324 e. The topological polar surface area (TPSA) is 98.5 Å². The van der Waals surface area contributed by atoms with Crippen LogP contribution in [-0.2, 0) is 26.0 Å². The number of ether oxygens (including phenoxy) is 1. The molecular formula is C29H24N2O5S. The van der Waals surface area contributed by atoms with E-state index in [2.05, 4.69) is 9.71 Å². The van der Waals surface area contributed by atoms with Crippen LogP contribution in [0.25, 0.3) is 33.6 Å². The first-order chi connectivity index (χ1) is 17.9. The Balaban J connectivity index is 1.34. The van der Waals surface area contributed by atoms with E-state index < -0.39 is 22.0 Å². The molecule has 0 saturated heterocycles. The van der Waals surface area contributed by atoms with Crippen molar-refractivity contribution < 1.29 is 22.4 Å². The van der Waals surface area contributed by atoms with E-state index >= 15 is 0 Å². The molecule has 1 aromatic heterocycles. The molecule has 7 nitrogen and oxygen atoms in total. The summed E-state index contributed by atoms with van der Waals surface area (Å²) in [4.78, 5) is 16.7. The minimum atomic E-state index is -3.99. The van der Waals surface area contributed by atoms with Crippen molar-refractivity contribution in [2.75, 3.05) is 7.11 Å². The summed E-state index contributed by atoms with van der Waals surface area (Å²) < 4.78 is 39.3. The molecule has 1 unspecified atom stereocenters. The van der Waals surface area contributed by atoms with Crippen LogP contribution in [0.2, 0.25) is 0 Å². The van der Waals surface area contributed by atoms with E-state index in [1.807, 2.05) is 72.8 Å². The Morgan fingerprint density at radius 1 is 0.892 bits per heavy atom. The summed E-state index contributed by atoms with van der Waals surface area (Å²) in [5, 5.41) is 2.23. The first kappa shape index (κ1) is 24.4. The van der Waals surface area contributed by atoms with E-state index in [9.17, 15) is 13.2 Å². The fourth-order valence-electron chi connectivity index (χ4n) is 4.08. The molecule has 0 aliphatic carbocycles. The summed E-state index contributed by atoms with van der Waals surface area (Å²) >= 11 is 0. The predicted octanol–water partition coefficient (Wildman–Crippen LogP) is 5.22. The molecule has 0 radical (unpaired) electrons. The molecule has 0 spiro atoms. The minimum absolute atomic E-state index is 0.0134. The molecule has 0 saturated carbocycles. The van der Waals surface area contributed by atoms with Crippen molar-refractivity contribution in [3.63, 3.8) is 0 Å². The maximum absolute atomic E-state index is 13.0. The largest absolute Gasteiger partial charge is 0.468 e. The Kier molecular flexibility index (Phi) is 6.85. The Morgan fingerprint density at radius 2 is 1.57 bits per heavy atom. The van der Waals surface area contributed by atoms with Crippen molar-refractivity contribution >= 4 is 26.8 Å². The highest BCUT2D eigenvalue weighted by atomic mass is 32.2. The fourth-order valence-corrected chi connectivity index (χ4v) is 5.27. The molecule has 5 rings (SSSR count). The van der Waals surface area contributed by atoms with Gasteiger partial charge in [-0.2, -0.15) is 4.72 Å². The van der Waals surface area contributed by atoms with Gasteiger partial charge in [0.25, 0.3) is 0 Å². The zero-order valence-corrected chi connectivity index (χ0v) is 20.8. The highest BCUT2D eigenvalue weighted by molar-refractivity contribution is 7.89. The van der Waals surface area contributed by atoms with Gasteiger partial charge in [-0.15, -0.1) is 0 Å². The molecule has 0 bridgehead atoms. The van der Waals surface area contributed by atoms with Crippen LogP contribution in [0.5, 0.6) is 0 Å². The Labute approximate surface area is 214 Å². The van der Waals surface area contributed by atoms with E-state index in [0.29, 0.717) is 17.2 Å². The zero-order valence-electron chi connectivity index (χ0n) is 20.0. The summed E-state index contributed by atoms with van der Waals surface area (Å²) in [5.74, 6) is 0.322. The van der Waals surface area contributed by atoms with Crippen LogP contribution in [0.15, 0.2) is 113 Å². The lowest BCUT2D eigenvalue weighted by Crippen LogP contribution is -2.42. The molecule has 0 aliphatic rings. The number of hydrogen-bond donors (Lipinski definition) is 1. The number of sulfonamides is 1. The fraction of sp³-hybridized carbons (Fsp3) is 0.103. The number of oxazole rings is 1. The van der Waals surface area contributed by atoms with Gasteiger partial charge in [-0.3, -0.25) is 4.79 Å². The second kappa shape index (κ2) is 10.4. The number of rotatable bonds is 8. The molecule has 0 fully saturated rings. The van der Waals surface area contributed by atoms with Gasteiger partial charge in [-0.1, -0.05) is 66.7 Å². The summed E-state index contributed by atoms with van der Waals surface area (Å²) in [6.45, 7) is 0. The molecule has 186 valence electrons. The first-order valence-electron chi connectivity index (χ1n) is 11.6. The number of fused-ring (bicyclic) bond motifs is 1. The van der Waals surface area contributed by atoms with Gasteiger partial charge in [-0.25, -0.2) is 13.4 Å². The van der Waals surface area contributed by atoms with Crippen LogP contribution in [0.4, 0.5) is 0 Å². The third-order valence-corrected chi connectivity index (χ3v) is 7.50. The highest BCUT2D eigenvalue weighted by Gasteiger charge is 2.27. The number of benzene rings is 4. The van der Waals surface area contributed by atoms with Gasteiger partial charge in [-0.05, 0) is 53.1 Å². The predicted molar refractivity (Wildman–Crippen MR) is 141 cm³/mol. The number of carbonyl (C=O) groups is 1. The van der Waals surface area contributed by atoms with E-state index in [1.54, 1.807) is 18.3 Å². The number of carbonyl (C=O) groups excluding carboxylic acids is 1. The van der Waals surface area contributed by atoms with Crippen LogP contribution in [0, 0.1) is 0 Å². The zero-order chi connectivity index (χ0) is 25.8. The van der Waals surface area contributed by atoms with Crippen molar-refractivity contribution in [3.8, 4) is 22.8 Å². The standard InChI is InChI=1S/C29H24N2O5S/c1-35-29(32)26(17-20-7-3-2-4-8-20)31-37(33,34)25-15-13-22(14-16-25)28-30-19-27(36-28)24-12-11-21-9-5-6-10-23(21)18-24/h2-16,18-19,26,31H,17H2,1H3. The molecule has 0 amide bonds. The van der Waals surface area contributed by atoms with E-state index in [0.717, 1.165) is 21.9 Å². The van der Waals surface area contributed by atoms with Crippen molar-refractivity contribution in [1.29, 1.82) is 0 Å². The van der Waals surface area contributed by atoms with Gasteiger partial charge >= 0.3 is 5.97 Å². The van der Waals surface area contributed by atoms with Gasteiger partial charge in [0, 0.05) is 11.1 Å². The quantitative estimate of drug-likeness (QED) is 0.286. The summed E-state index contributed by atoms with van der Waals surface area (Å²) in [7, 11) is -2.77. The summed E-state index contributed by atoms with van der Waals surface area (Å²) in [6, 6.07) is 28.3. The molecular weight excluding hydrogens is 488 g/mol. The number of nitrogens with zero attached hydrogens (tertiary/aromatic N) is 1. The highest BCUT2D eigenvalue weighted by Crippen LogP contribution is 2.29. The molecule has 1 heterocycles. The lowest BCUT2D eigenvalue weighted by Gasteiger charge is -2.17. The maximum Gasteiger partial charge on any atom is 0.324 e. The Bertz CT molecular complexity index is 1650. The third kappa shape index (κ3) is 5.45. The molecule has 8 heteroatoms. The molecule has 4 aromatic carbocycles. The van der Waals surface area contributed by atoms with Crippen molar-refractivity contribution in [2.24, 2.45) is 0 Å². The second-order valence-electron chi connectivity index (χ2n) is 8.50. The minimum Gasteiger partial charge on any atom is -0.468 e. The van der Waals surface area contributed by atoms with Gasteiger partial charge in [0.15, 0.2) is 5.76 Å². The van der Waals surface area contributed by atoms with E-state index in [-0.39, 0.29) is 11.3 Å². The molecule has 37 heavy (non-hydrogen) atoms. The second-order valence-corrected chi connectivity index (χ2v) is 10.2. The number of hydrogen-bond acceptors (Lipinski definition) is 6. The van der Waals surface area contributed by atoms with E-state index in [1.165, 1.54) is 19.2 Å². The van der Waals surface area contributed by atoms with Crippen LogP contribution in [-0.4, -0.2) is 32.5 Å². The maximum atomic E-state index is 13.0. The van der Waals surface area contributed by atoms with Crippen LogP contribution < -0.4 is 4.72 Å².